The van der Waals surface area contributed by atoms with Gasteiger partial charge in [0.1, 0.15) is 12.3 Å². The SMILES string of the molecule is CCOc1ccc(S(=O)(=O)N2CCCCC2)cc1NC(=O)CN1C(=O)C2C3C=CC(C3)C2C1=O. The molecule has 1 aromatic rings. The Labute approximate surface area is 199 Å². The van der Waals surface area contributed by atoms with Gasteiger partial charge >= 0.3 is 0 Å². The maximum Gasteiger partial charge on any atom is 0.244 e. The fourth-order valence-corrected chi connectivity index (χ4v) is 7.30. The number of anilines is 1. The third-order valence-electron chi connectivity index (χ3n) is 7.34. The summed E-state index contributed by atoms with van der Waals surface area (Å²) in [6.45, 7) is 2.64. The Morgan fingerprint density at radius 1 is 1.06 bits per heavy atom. The molecule has 1 aromatic carbocycles. The first-order valence-electron chi connectivity index (χ1n) is 11.9. The van der Waals surface area contributed by atoms with Gasteiger partial charge in [0.2, 0.25) is 27.7 Å². The largest absolute Gasteiger partial charge is 0.492 e. The number of benzene rings is 1. The van der Waals surface area contributed by atoms with E-state index in [-0.39, 0.29) is 46.1 Å². The molecule has 1 saturated carbocycles. The lowest BCUT2D eigenvalue weighted by Gasteiger charge is -2.26. The van der Waals surface area contributed by atoms with Gasteiger partial charge in [-0.3, -0.25) is 19.3 Å². The number of allylic oxidation sites excluding steroid dienone is 2. The summed E-state index contributed by atoms with van der Waals surface area (Å²) in [4.78, 5) is 39.8. The molecule has 0 aromatic heterocycles. The van der Waals surface area contributed by atoms with E-state index in [0.29, 0.717) is 25.4 Å². The van der Waals surface area contributed by atoms with Gasteiger partial charge < -0.3 is 10.1 Å². The molecule has 34 heavy (non-hydrogen) atoms. The smallest absolute Gasteiger partial charge is 0.244 e. The average molecular weight is 488 g/mol. The number of hydrogen-bond acceptors (Lipinski definition) is 6. The molecule has 2 aliphatic carbocycles. The van der Waals surface area contributed by atoms with Gasteiger partial charge in [0.05, 0.1) is 29.0 Å². The molecule has 4 unspecified atom stereocenters. The lowest BCUT2D eigenvalue weighted by molar-refractivity contribution is -0.143. The number of fused-ring (bicyclic) bond motifs is 5. The first kappa shape index (κ1) is 23.0. The molecule has 2 bridgehead atoms. The number of hydrogen-bond donors (Lipinski definition) is 1. The molecule has 4 atom stereocenters. The highest BCUT2D eigenvalue weighted by Gasteiger charge is 2.59. The lowest BCUT2D eigenvalue weighted by atomic mass is 9.85. The van der Waals surface area contributed by atoms with Crippen LogP contribution in [0.25, 0.3) is 0 Å². The monoisotopic (exact) mass is 487 g/mol. The van der Waals surface area contributed by atoms with E-state index in [9.17, 15) is 22.8 Å². The summed E-state index contributed by atoms with van der Waals surface area (Å²) in [6, 6.07) is 4.39. The molecule has 182 valence electrons. The maximum atomic E-state index is 13.1. The summed E-state index contributed by atoms with van der Waals surface area (Å²) in [7, 11) is -3.71. The molecule has 2 aliphatic heterocycles. The fourth-order valence-electron chi connectivity index (χ4n) is 5.76. The zero-order valence-electron chi connectivity index (χ0n) is 19.1. The highest BCUT2D eigenvalue weighted by atomic mass is 32.2. The summed E-state index contributed by atoms with van der Waals surface area (Å²) >= 11 is 0. The third-order valence-corrected chi connectivity index (χ3v) is 9.24. The molecular weight excluding hydrogens is 458 g/mol. The fraction of sp³-hybridized carbons (Fsp3) is 0.542. The van der Waals surface area contributed by atoms with E-state index in [1.165, 1.54) is 22.5 Å². The van der Waals surface area contributed by atoms with Gasteiger partial charge in [-0.15, -0.1) is 0 Å². The van der Waals surface area contributed by atoms with Crippen LogP contribution >= 0.6 is 0 Å². The van der Waals surface area contributed by atoms with Crippen LogP contribution in [0.1, 0.15) is 32.6 Å². The van der Waals surface area contributed by atoms with Crippen LogP contribution in [0.4, 0.5) is 5.69 Å². The van der Waals surface area contributed by atoms with E-state index in [0.717, 1.165) is 30.6 Å². The van der Waals surface area contributed by atoms with Gasteiger partial charge in [0.15, 0.2) is 0 Å². The lowest BCUT2D eigenvalue weighted by Crippen LogP contribution is -2.39. The predicted octanol–water partition coefficient (Wildman–Crippen LogP) is 2.01. The van der Waals surface area contributed by atoms with Crippen molar-refractivity contribution in [2.75, 3.05) is 31.6 Å². The Bertz CT molecular complexity index is 1130. The molecule has 3 amide bonds. The Hall–Kier alpha value is -2.72. The van der Waals surface area contributed by atoms with Crippen molar-refractivity contribution < 1.29 is 27.5 Å². The highest BCUT2D eigenvalue weighted by molar-refractivity contribution is 7.89. The van der Waals surface area contributed by atoms with Crippen LogP contribution in [-0.4, -0.2) is 61.6 Å². The minimum Gasteiger partial charge on any atom is -0.492 e. The summed E-state index contributed by atoms with van der Waals surface area (Å²) in [5, 5.41) is 2.67. The second-order valence-corrected chi connectivity index (χ2v) is 11.3. The number of sulfonamides is 1. The van der Waals surface area contributed by atoms with E-state index in [4.69, 9.17) is 4.74 Å². The quantitative estimate of drug-likeness (QED) is 0.465. The number of nitrogens with zero attached hydrogens (tertiary/aromatic N) is 2. The minimum absolute atomic E-state index is 0.0682. The van der Waals surface area contributed by atoms with Crippen molar-refractivity contribution in [2.45, 2.75) is 37.5 Å². The van der Waals surface area contributed by atoms with Crippen molar-refractivity contribution in [1.82, 2.24) is 9.21 Å². The second kappa shape index (κ2) is 8.81. The number of ether oxygens (including phenoxy) is 1. The minimum atomic E-state index is -3.71. The van der Waals surface area contributed by atoms with Crippen LogP contribution in [0.15, 0.2) is 35.2 Å². The summed E-state index contributed by atoms with van der Waals surface area (Å²) in [5.74, 6) is -1.44. The van der Waals surface area contributed by atoms with Crippen LogP contribution in [0, 0.1) is 23.7 Å². The molecule has 9 nitrogen and oxygen atoms in total. The number of nitrogens with one attached hydrogen (secondary N) is 1. The van der Waals surface area contributed by atoms with Crippen molar-refractivity contribution in [3.05, 3.63) is 30.4 Å². The standard InChI is InChI=1S/C24H29N3O6S/c1-2-33-19-9-8-17(34(31,32)26-10-4-3-5-11-26)13-18(19)25-20(28)14-27-23(29)21-15-6-7-16(12-15)22(21)24(27)30/h6-9,13,15-16,21-22H,2-5,10-12,14H2,1H3,(H,25,28). The first-order chi connectivity index (χ1) is 16.3. The van der Waals surface area contributed by atoms with Gasteiger partial charge in [0, 0.05) is 13.1 Å². The Balaban J connectivity index is 1.34. The number of carbonyl (C=O) groups is 3. The number of piperidine rings is 1. The van der Waals surface area contributed by atoms with Crippen LogP contribution < -0.4 is 10.1 Å². The summed E-state index contributed by atoms with van der Waals surface area (Å²) < 4.78 is 33.3. The molecule has 3 fully saturated rings. The van der Waals surface area contributed by atoms with Crippen LogP contribution in [0.5, 0.6) is 5.75 Å². The molecule has 2 saturated heterocycles. The molecule has 1 N–H and O–H groups in total. The Kier molecular flexibility index (Phi) is 5.97. The molecular formula is C24H29N3O6S. The topological polar surface area (TPSA) is 113 Å². The van der Waals surface area contributed by atoms with E-state index in [1.54, 1.807) is 6.92 Å². The highest BCUT2D eigenvalue weighted by Crippen LogP contribution is 2.52. The van der Waals surface area contributed by atoms with Crippen molar-refractivity contribution in [2.24, 2.45) is 23.7 Å². The zero-order chi connectivity index (χ0) is 24.0. The number of amides is 3. The van der Waals surface area contributed by atoms with Crippen LogP contribution in [0.3, 0.4) is 0 Å². The molecule has 2 heterocycles. The van der Waals surface area contributed by atoms with Crippen molar-refractivity contribution in [3.63, 3.8) is 0 Å². The average Bonchev–Trinajstić information content (AvgIpc) is 3.51. The number of imide groups is 1. The predicted molar refractivity (Wildman–Crippen MR) is 123 cm³/mol. The van der Waals surface area contributed by atoms with E-state index >= 15 is 0 Å². The molecule has 5 rings (SSSR count). The number of carbonyl (C=O) groups excluding carboxylic acids is 3. The van der Waals surface area contributed by atoms with Crippen LogP contribution in [0.2, 0.25) is 0 Å². The molecule has 4 aliphatic rings. The maximum absolute atomic E-state index is 13.1. The second-order valence-electron chi connectivity index (χ2n) is 9.37. The van der Waals surface area contributed by atoms with Crippen LogP contribution in [-0.2, 0) is 24.4 Å². The van der Waals surface area contributed by atoms with E-state index in [1.807, 2.05) is 12.2 Å². The van der Waals surface area contributed by atoms with E-state index in [2.05, 4.69) is 5.32 Å². The summed E-state index contributed by atoms with van der Waals surface area (Å²) in [6.07, 6.45) is 7.47. The van der Waals surface area contributed by atoms with Gasteiger partial charge in [-0.05, 0) is 56.2 Å². The molecule has 0 radical (unpaired) electrons. The first-order valence-corrected chi connectivity index (χ1v) is 13.4. The van der Waals surface area contributed by atoms with Gasteiger partial charge in [-0.2, -0.15) is 4.31 Å². The van der Waals surface area contributed by atoms with Crippen molar-refractivity contribution >= 4 is 33.4 Å². The van der Waals surface area contributed by atoms with Crippen molar-refractivity contribution in [1.29, 1.82) is 0 Å². The third kappa shape index (κ3) is 3.82. The Morgan fingerprint density at radius 2 is 1.71 bits per heavy atom. The number of likely N-dealkylation sites (tertiary alicyclic amines) is 1. The van der Waals surface area contributed by atoms with Gasteiger partial charge in [-0.25, -0.2) is 8.42 Å². The van der Waals surface area contributed by atoms with Gasteiger partial charge in [0.25, 0.3) is 0 Å². The van der Waals surface area contributed by atoms with Crippen molar-refractivity contribution in [3.8, 4) is 5.75 Å². The number of rotatable bonds is 7. The normalized spacial score (nSPS) is 28.4. The summed E-state index contributed by atoms with van der Waals surface area (Å²) in [5.41, 5.74) is 0.200. The van der Waals surface area contributed by atoms with E-state index < -0.39 is 22.5 Å². The van der Waals surface area contributed by atoms with Gasteiger partial charge in [-0.1, -0.05) is 18.6 Å². The molecule has 10 heteroatoms. The zero-order valence-corrected chi connectivity index (χ0v) is 19.9. The Morgan fingerprint density at radius 3 is 2.32 bits per heavy atom. The molecule has 0 spiro atoms.